The van der Waals surface area contributed by atoms with E-state index < -0.39 is 0 Å². The maximum atomic E-state index is 3.74. The highest BCUT2D eigenvalue weighted by Crippen LogP contribution is 2.33. The number of hydrogen-bond donors (Lipinski definition) is 1. The predicted octanol–water partition coefficient (Wildman–Crippen LogP) is 2.45. The third kappa shape index (κ3) is 4.27. The van der Waals surface area contributed by atoms with E-state index in [0.29, 0.717) is 17.5 Å². The zero-order valence-corrected chi connectivity index (χ0v) is 12.4. The van der Waals surface area contributed by atoms with E-state index in [1.165, 1.54) is 17.9 Å². The predicted molar refractivity (Wildman–Crippen MR) is 75.3 cm³/mol. The molecule has 0 aromatic rings. The van der Waals surface area contributed by atoms with Crippen LogP contribution in [-0.2, 0) is 0 Å². The number of nitrogens with zero attached hydrogens (tertiary/aromatic N) is 1. The quantitative estimate of drug-likeness (QED) is 0.800. The number of thioether (sulfide) groups is 1. The molecule has 1 atom stereocenters. The Labute approximate surface area is 106 Å². The van der Waals surface area contributed by atoms with Crippen molar-refractivity contribution in [2.75, 3.05) is 31.6 Å². The van der Waals surface area contributed by atoms with Crippen molar-refractivity contribution in [2.24, 2.45) is 5.41 Å². The average Bonchev–Trinajstić information content (AvgIpc) is 2.19. The van der Waals surface area contributed by atoms with E-state index in [-0.39, 0.29) is 0 Å². The van der Waals surface area contributed by atoms with Crippen LogP contribution in [-0.4, -0.2) is 48.6 Å². The van der Waals surface area contributed by atoms with Gasteiger partial charge in [0.25, 0.3) is 0 Å². The molecule has 1 N–H and O–H groups in total. The van der Waals surface area contributed by atoms with E-state index in [9.17, 15) is 0 Å². The Bertz CT molecular complexity index is 204. The molecule has 1 rings (SSSR count). The minimum absolute atomic E-state index is 0.474. The molecule has 0 aromatic carbocycles. The second-order valence-corrected chi connectivity index (χ2v) is 7.04. The summed E-state index contributed by atoms with van der Waals surface area (Å²) in [6.45, 7) is 11.6. The fourth-order valence-corrected chi connectivity index (χ4v) is 3.59. The second-order valence-electron chi connectivity index (χ2n) is 5.89. The summed E-state index contributed by atoms with van der Waals surface area (Å²) in [5, 5.41) is 3.74. The van der Waals surface area contributed by atoms with Crippen molar-refractivity contribution in [3.63, 3.8) is 0 Å². The molecule has 16 heavy (non-hydrogen) atoms. The topological polar surface area (TPSA) is 15.3 Å². The maximum absolute atomic E-state index is 3.74. The summed E-state index contributed by atoms with van der Waals surface area (Å²) in [5.74, 6) is 2.61. The standard InChI is InChI=1S/C13H28N2S/c1-11(2)15(5)8-7-14-12-10-16-9-6-13(12,3)4/h11-12,14H,6-10H2,1-5H3. The van der Waals surface area contributed by atoms with Gasteiger partial charge in [-0.1, -0.05) is 13.8 Å². The molecule has 1 unspecified atom stereocenters. The summed E-state index contributed by atoms with van der Waals surface area (Å²) in [6.07, 6.45) is 1.34. The van der Waals surface area contributed by atoms with Crippen molar-refractivity contribution in [3.8, 4) is 0 Å². The molecular weight excluding hydrogens is 216 g/mol. The molecule has 1 saturated heterocycles. The Morgan fingerprint density at radius 1 is 1.44 bits per heavy atom. The lowest BCUT2D eigenvalue weighted by molar-refractivity contribution is 0.223. The fraction of sp³-hybridized carbons (Fsp3) is 1.00. The third-order valence-corrected chi connectivity index (χ3v) is 4.92. The van der Waals surface area contributed by atoms with Crippen LogP contribution < -0.4 is 5.32 Å². The number of likely N-dealkylation sites (N-methyl/N-ethyl adjacent to an activating group) is 1. The Morgan fingerprint density at radius 2 is 2.12 bits per heavy atom. The van der Waals surface area contributed by atoms with Gasteiger partial charge in [-0.2, -0.15) is 11.8 Å². The Kier molecular flexibility index (Phi) is 5.62. The van der Waals surface area contributed by atoms with Gasteiger partial charge in [-0.25, -0.2) is 0 Å². The molecule has 0 aromatic heterocycles. The van der Waals surface area contributed by atoms with Gasteiger partial charge in [0, 0.05) is 30.9 Å². The first kappa shape index (κ1) is 14.3. The summed E-state index contributed by atoms with van der Waals surface area (Å²) < 4.78 is 0. The molecule has 1 heterocycles. The molecule has 0 bridgehead atoms. The van der Waals surface area contributed by atoms with E-state index in [0.717, 1.165) is 13.1 Å². The second kappa shape index (κ2) is 6.27. The highest BCUT2D eigenvalue weighted by atomic mass is 32.2. The van der Waals surface area contributed by atoms with Gasteiger partial charge in [0.2, 0.25) is 0 Å². The van der Waals surface area contributed by atoms with E-state index in [2.05, 4.69) is 56.7 Å². The van der Waals surface area contributed by atoms with Gasteiger partial charge < -0.3 is 10.2 Å². The minimum atomic E-state index is 0.474. The zero-order chi connectivity index (χ0) is 12.2. The monoisotopic (exact) mass is 244 g/mol. The zero-order valence-electron chi connectivity index (χ0n) is 11.5. The van der Waals surface area contributed by atoms with Gasteiger partial charge in [-0.05, 0) is 38.5 Å². The normalized spacial score (nSPS) is 25.3. The largest absolute Gasteiger partial charge is 0.311 e. The van der Waals surface area contributed by atoms with Crippen molar-refractivity contribution in [1.82, 2.24) is 10.2 Å². The average molecular weight is 244 g/mol. The van der Waals surface area contributed by atoms with Gasteiger partial charge in [-0.3, -0.25) is 0 Å². The first-order valence-electron chi connectivity index (χ1n) is 6.45. The third-order valence-electron chi connectivity index (χ3n) is 3.86. The smallest absolute Gasteiger partial charge is 0.0210 e. The van der Waals surface area contributed by atoms with Crippen molar-refractivity contribution in [1.29, 1.82) is 0 Å². The molecule has 0 radical (unpaired) electrons. The highest BCUT2D eigenvalue weighted by Gasteiger charge is 2.31. The van der Waals surface area contributed by atoms with Gasteiger partial charge in [0.05, 0.1) is 0 Å². The Hall–Kier alpha value is 0.270. The SMILES string of the molecule is CC(C)N(C)CCNC1CSCCC1(C)C. The minimum Gasteiger partial charge on any atom is -0.311 e. The van der Waals surface area contributed by atoms with E-state index in [4.69, 9.17) is 0 Å². The Balaban J connectivity index is 2.26. The number of nitrogens with one attached hydrogen (secondary N) is 1. The molecule has 0 aliphatic carbocycles. The molecule has 1 aliphatic rings. The van der Waals surface area contributed by atoms with Crippen LogP contribution in [0.4, 0.5) is 0 Å². The van der Waals surface area contributed by atoms with Crippen molar-refractivity contribution in [3.05, 3.63) is 0 Å². The molecule has 3 heteroatoms. The Morgan fingerprint density at radius 3 is 2.69 bits per heavy atom. The van der Waals surface area contributed by atoms with Crippen LogP contribution in [0.1, 0.15) is 34.1 Å². The molecule has 1 aliphatic heterocycles. The van der Waals surface area contributed by atoms with Crippen molar-refractivity contribution < 1.29 is 0 Å². The van der Waals surface area contributed by atoms with Crippen LogP contribution in [0.3, 0.4) is 0 Å². The van der Waals surface area contributed by atoms with Crippen LogP contribution >= 0.6 is 11.8 Å². The lowest BCUT2D eigenvalue weighted by Crippen LogP contribution is -2.48. The number of hydrogen-bond acceptors (Lipinski definition) is 3. The molecule has 0 amide bonds. The van der Waals surface area contributed by atoms with E-state index in [1.54, 1.807) is 0 Å². The molecule has 2 nitrogen and oxygen atoms in total. The summed E-state index contributed by atoms with van der Waals surface area (Å²) in [4.78, 5) is 2.40. The van der Waals surface area contributed by atoms with Gasteiger partial charge in [0.1, 0.15) is 0 Å². The number of rotatable bonds is 5. The van der Waals surface area contributed by atoms with Crippen LogP contribution in [0.5, 0.6) is 0 Å². The first-order valence-corrected chi connectivity index (χ1v) is 7.60. The lowest BCUT2D eigenvalue weighted by atomic mass is 9.82. The van der Waals surface area contributed by atoms with E-state index in [1.807, 2.05) is 0 Å². The van der Waals surface area contributed by atoms with Crippen LogP contribution in [0.15, 0.2) is 0 Å². The first-order chi connectivity index (χ1) is 7.43. The summed E-state index contributed by atoms with van der Waals surface area (Å²) in [5.41, 5.74) is 0.474. The van der Waals surface area contributed by atoms with Crippen LogP contribution in [0.25, 0.3) is 0 Å². The maximum Gasteiger partial charge on any atom is 0.0210 e. The lowest BCUT2D eigenvalue weighted by Gasteiger charge is -2.39. The summed E-state index contributed by atoms with van der Waals surface area (Å²) >= 11 is 2.09. The molecule has 1 fully saturated rings. The van der Waals surface area contributed by atoms with E-state index >= 15 is 0 Å². The fourth-order valence-electron chi connectivity index (χ4n) is 1.94. The molecular formula is C13H28N2S. The van der Waals surface area contributed by atoms with Gasteiger partial charge in [-0.15, -0.1) is 0 Å². The molecule has 0 spiro atoms. The van der Waals surface area contributed by atoms with Gasteiger partial charge in [0.15, 0.2) is 0 Å². The van der Waals surface area contributed by atoms with Crippen LogP contribution in [0, 0.1) is 5.41 Å². The molecule has 0 saturated carbocycles. The van der Waals surface area contributed by atoms with Crippen LogP contribution in [0.2, 0.25) is 0 Å². The van der Waals surface area contributed by atoms with Crippen molar-refractivity contribution in [2.45, 2.75) is 46.2 Å². The highest BCUT2D eigenvalue weighted by molar-refractivity contribution is 7.99. The summed E-state index contributed by atoms with van der Waals surface area (Å²) in [7, 11) is 2.20. The molecule has 96 valence electrons. The van der Waals surface area contributed by atoms with Crippen molar-refractivity contribution >= 4 is 11.8 Å². The summed E-state index contributed by atoms with van der Waals surface area (Å²) in [6, 6.07) is 1.34. The van der Waals surface area contributed by atoms with Gasteiger partial charge >= 0.3 is 0 Å².